The molecule has 3 aliphatic heterocycles. The fourth-order valence-corrected chi connectivity index (χ4v) is 6.15. The number of carboxylic acid groups (broad SMARTS) is 1. The van der Waals surface area contributed by atoms with Crippen LogP contribution >= 0.6 is 11.8 Å². The molecule has 200 valence electrons. The summed E-state index contributed by atoms with van der Waals surface area (Å²) in [4.78, 5) is 26.7. The zero-order valence-electron chi connectivity index (χ0n) is 20.3. The van der Waals surface area contributed by atoms with Crippen LogP contribution in [0.15, 0.2) is 70.6 Å². The van der Waals surface area contributed by atoms with Crippen LogP contribution in [0.1, 0.15) is 35.2 Å². The van der Waals surface area contributed by atoms with Gasteiger partial charge in [0.05, 0.1) is 18.3 Å². The zero-order chi connectivity index (χ0) is 27.5. The van der Waals surface area contributed by atoms with Gasteiger partial charge in [-0.3, -0.25) is 9.80 Å². The van der Waals surface area contributed by atoms with Gasteiger partial charge in [-0.2, -0.15) is 18.2 Å². The predicted molar refractivity (Wildman–Crippen MR) is 131 cm³/mol. The number of carbonyl (C=O) groups is 2. The van der Waals surface area contributed by atoms with Crippen molar-refractivity contribution in [2.75, 3.05) is 6.67 Å². The maximum atomic E-state index is 13.9. The van der Waals surface area contributed by atoms with Crippen LogP contribution in [0.25, 0.3) is 0 Å². The number of thioether (sulfide) groups is 1. The number of fused-ring (bicyclic) bond motifs is 3. The number of halogens is 3. The van der Waals surface area contributed by atoms with Gasteiger partial charge < -0.3 is 20.2 Å². The highest BCUT2D eigenvalue weighted by atomic mass is 32.2. The van der Waals surface area contributed by atoms with Gasteiger partial charge in [0.1, 0.15) is 12.1 Å². The van der Waals surface area contributed by atoms with Crippen LogP contribution < -0.4 is 0 Å². The number of hydrogen-bond acceptors (Lipinski definition) is 7. The number of aryl methyl sites for hydroxylation is 1. The minimum atomic E-state index is -4.78. The Labute approximate surface area is 220 Å². The highest BCUT2D eigenvalue weighted by molar-refractivity contribution is 7.98. The highest BCUT2D eigenvalue weighted by Crippen LogP contribution is 2.47. The van der Waals surface area contributed by atoms with Gasteiger partial charge in [-0.15, -0.1) is 11.8 Å². The molecule has 0 bridgehead atoms. The van der Waals surface area contributed by atoms with E-state index in [9.17, 15) is 38.1 Å². The van der Waals surface area contributed by atoms with Gasteiger partial charge in [-0.05, 0) is 42.2 Å². The van der Waals surface area contributed by atoms with Crippen molar-refractivity contribution in [3.05, 3.63) is 87.9 Å². The quantitative estimate of drug-likeness (QED) is 0.529. The Morgan fingerprint density at radius 3 is 2.55 bits per heavy atom. The van der Waals surface area contributed by atoms with Crippen molar-refractivity contribution < 1.29 is 38.1 Å². The number of carboxylic acids is 1. The molecule has 0 spiro atoms. The lowest BCUT2D eigenvalue weighted by Gasteiger charge is -2.50. The Balaban J connectivity index is 1.78. The first-order valence-corrected chi connectivity index (χ1v) is 12.7. The number of amides is 1. The molecular formula is C26H24F3N3O5S. The maximum absolute atomic E-state index is 13.9. The molecule has 5 rings (SSSR count). The summed E-state index contributed by atoms with van der Waals surface area (Å²) in [5.74, 6) is -3.16. The van der Waals surface area contributed by atoms with Gasteiger partial charge in [0, 0.05) is 16.8 Å². The highest BCUT2D eigenvalue weighted by Gasteiger charge is 2.51. The molecule has 8 nitrogen and oxygen atoms in total. The van der Waals surface area contributed by atoms with Crippen molar-refractivity contribution in [1.82, 2.24) is 14.9 Å². The minimum Gasteiger partial charge on any atom is -0.507 e. The monoisotopic (exact) mass is 547 g/mol. The number of alkyl halides is 3. The molecule has 0 aromatic heterocycles. The first-order chi connectivity index (χ1) is 17.9. The van der Waals surface area contributed by atoms with Crippen LogP contribution in [0.4, 0.5) is 13.2 Å². The molecule has 2 aromatic carbocycles. The Hall–Kier alpha value is -3.48. The van der Waals surface area contributed by atoms with Crippen molar-refractivity contribution in [2.45, 2.75) is 48.9 Å². The third-order valence-corrected chi connectivity index (χ3v) is 8.23. The van der Waals surface area contributed by atoms with Gasteiger partial charge in [-0.25, -0.2) is 4.79 Å². The number of aliphatic hydroxyl groups excluding tert-OH is 2. The number of rotatable bonds is 3. The summed E-state index contributed by atoms with van der Waals surface area (Å²) in [6.07, 6.45) is -5.87. The van der Waals surface area contributed by atoms with E-state index in [-0.39, 0.29) is 0 Å². The van der Waals surface area contributed by atoms with E-state index < -0.39 is 59.9 Å². The smallest absolute Gasteiger partial charge is 0.408 e. The van der Waals surface area contributed by atoms with Crippen molar-refractivity contribution >= 4 is 23.6 Å². The second-order valence-corrected chi connectivity index (χ2v) is 10.3. The molecule has 1 saturated heterocycles. The molecule has 0 radical (unpaired) electrons. The van der Waals surface area contributed by atoms with Crippen LogP contribution in [0.5, 0.6) is 0 Å². The minimum absolute atomic E-state index is 0.562. The van der Waals surface area contributed by atoms with Gasteiger partial charge in [0.15, 0.2) is 11.5 Å². The normalized spacial score (nSPS) is 22.8. The van der Waals surface area contributed by atoms with Crippen molar-refractivity contribution in [3.63, 3.8) is 0 Å². The van der Waals surface area contributed by atoms with Crippen LogP contribution in [-0.4, -0.2) is 67.1 Å². The number of aliphatic hydroxyl groups is 2. The summed E-state index contributed by atoms with van der Waals surface area (Å²) in [6, 6.07) is 10.1. The van der Waals surface area contributed by atoms with E-state index in [0.717, 1.165) is 45.3 Å². The molecule has 3 N–H and O–H groups in total. The van der Waals surface area contributed by atoms with E-state index in [4.69, 9.17) is 0 Å². The molecule has 0 aliphatic carbocycles. The predicted octanol–water partition coefficient (Wildman–Crippen LogP) is 4.07. The molecule has 0 saturated carbocycles. The van der Waals surface area contributed by atoms with Crippen LogP contribution in [0.3, 0.4) is 0 Å². The van der Waals surface area contributed by atoms with E-state index in [0.29, 0.717) is 10.7 Å². The Morgan fingerprint density at radius 2 is 1.87 bits per heavy atom. The lowest BCUT2D eigenvalue weighted by molar-refractivity contribution is -0.204. The van der Waals surface area contributed by atoms with E-state index in [1.807, 2.05) is 43.3 Å². The third-order valence-electron chi connectivity index (χ3n) is 7.09. The fourth-order valence-electron chi connectivity index (χ4n) is 5.07. The molecule has 3 atom stereocenters. The SMILES string of the molecule is Cc1cccc2c1[C@H](N1CN([C@H](C)C(F)(F)F)C(=O)C3=C(O)C(O)C(C(=O)O)=CN31)c1ccccc1SC2. The maximum Gasteiger partial charge on any atom is 0.408 e. The Kier molecular flexibility index (Phi) is 6.44. The van der Waals surface area contributed by atoms with Crippen molar-refractivity contribution in [3.8, 4) is 0 Å². The number of nitrogens with zero attached hydrogens (tertiary/aromatic N) is 3. The van der Waals surface area contributed by atoms with Gasteiger partial charge in [-0.1, -0.05) is 36.4 Å². The molecule has 38 heavy (non-hydrogen) atoms. The molecule has 12 heteroatoms. The lowest BCUT2D eigenvalue weighted by Crippen LogP contribution is -2.63. The first kappa shape index (κ1) is 26.1. The summed E-state index contributed by atoms with van der Waals surface area (Å²) in [7, 11) is 0. The van der Waals surface area contributed by atoms with Crippen molar-refractivity contribution in [1.29, 1.82) is 0 Å². The molecule has 1 unspecified atom stereocenters. The van der Waals surface area contributed by atoms with Gasteiger partial charge in [0.2, 0.25) is 0 Å². The molecular weight excluding hydrogens is 523 g/mol. The molecule has 1 amide bonds. The summed E-state index contributed by atoms with van der Waals surface area (Å²) in [5, 5.41) is 33.5. The zero-order valence-corrected chi connectivity index (χ0v) is 21.1. The van der Waals surface area contributed by atoms with Gasteiger partial charge in [0.25, 0.3) is 5.91 Å². The van der Waals surface area contributed by atoms with E-state index in [2.05, 4.69) is 0 Å². The second kappa shape index (κ2) is 9.37. The fraction of sp³-hybridized carbons (Fsp3) is 0.308. The lowest BCUT2D eigenvalue weighted by atomic mass is 9.90. The number of benzene rings is 2. The first-order valence-electron chi connectivity index (χ1n) is 11.7. The second-order valence-electron chi connectivity index (χ2n) is 9.32. The average molecular weight is 548 g/mol. The summed E-state index contributed by atoms with van der Waals surface area (Å²) in [5.41, 5.74) is 2.07. The van der Waals surface area contributed by atoms with Crippen LogP contribution in [-0.2, 0) is 15.3 Å². The average Bonchev–Trinajstić information content (AvgIpc) is 3.03. The van der Waals surface area contributed by atoms with Crippen LogP contribution in [0, 0.1) is 6.92 Å². The third kappa shape index (κ3) is 4.12. The molecule has 2 aromatic rings. The Morgan fingerprint density at radius 1 is 1.16 bits per heavy atom. The summed E-state index contributed by atoms with van der Waals surface area (Å²) < 4.78 is 41.7. The molecule has 3 heterocycles. The topological polar surface area (TPSA) is 105 Å². The van der Waals surface area contributed by atoms with E-state index >= 15 is 0 Å². The summed E-state index contributed by atoms with van der Waals surface area (Å²) >= 11 is 1.56. The van der Waals surface area contributed by atoms with E-state index in [1.54, 1.807) is 17.8 Å². The molecule has 3 aliphatic rings. The number of carbonyl (C=O) groups excluding carboxylic acids is 1. The van der Waals surface area contributed by atoms with E-state index in [1.165, 1.54) is 5.01 Å². The van der Waals surface area contributed by atoms with Gasteiger partial charge >= 0.3 is 12.1 Å². The van der Waals surface area contributed by atoms with Crippen molar-refractivity contribution in [2.24, 2.45) is 0 Å². The number of aliphatic carboxylic acids is 1. The largest absolute Gasteiger partial charge is 0.507 e. The Bertz CT molecular complexity index is 1390. The summed E-state index contributed by atoms with van der Waals surface area (Å²) in [6.45, 7) is 2.16. The number of hydrazine groups is 1. The number of hydrogen-bond donors (Lipinski definition) is 3. The standard InChI is InChI=1S/C26H24F3N3O5S/c1-13-6-5-7-15-11-38-18-9-4-3-8-16(18)20(19(13)15)32-12-30(14(2)26(27,28)29)24(35)21-23(34)22(33)17(25(36)37)10-31(21)32/h3-10,14,20,22,33-34H,11-12H2,1-2H3,(H,36,37)/t14-,20-,22?/m1/s1. The molecule has 1 fully saturated rings. The van der Waals surface area contributed by atoms with Crippen LogP contribution in [0.2, 0.25) is 0 Å².